The number of fused-ring (bicyclic) bond motifs is 1. The molecule has 1 atom stereocenters. The number of halogens is 1. The second kappa shape index (κ2) is 3.99. The summed E-state index contributed by atoms with van der Waals surface area (Å²) in [5.41, 5.74) is 2.38. The average Bonchev–Trinajstić information content (AvgIpc) is 2.44. The lowest BCUT2D eigenvalue weighted by Crippen LogP contribution is -2.03. The molecule has 0 aliphatic rings. The highest BCUT2D eigenvalue weighted by molar-refractivity contribution is 9.10. The van der Waals surface area contributed by atoms with Crippen LogP contribution in [0.2, 0.25) is 0 Å². The van der Waals surface area contributed by atoms with E-state index in [9.17, 15) is 5.11 Å². The van der Waals surface area contributed by atoms with E-state index >= 15 is 0 Å². The number of benzene rings is 1. The summed E-state index contributed by atoms with van der Waals surface area (Å²) < 4.78 is 3.19. The van der Waals surface area contributed by atoms with E-state index in [1.807, 2.05) is 26.1 Å². The molecule has 1 aromatic carbocycles. The predicted molar refractivity (Wildman–Crippen MR) is 66.0 cm³/mol. The molecule has 3 heteroatoms. The van der Waals surface area contributed by atoms with Crippen LogP contribution in [0.15, 0.2) is 28.9 Å². The Hall–Kier alpha value is -0.800. The minimum absolute atomic E-state index is 0.303. The maximum atomic E-state index is 9.44. The first kappa shape index (κ1) is 10.7. The molecule has 0 saturated heterocycles. The second-order valence-corrected chi connectivity index (χ2v) is 4.81. The van der Waals surface area contributed by atoms with Gasteiger partial charge in [0.1, 0.15) is 0 Å². The SMILES string of the molecule is CC(O)Cc1cn(C)c2cccc(Br)c12. The number of rotatable bonds is 2. The first-order valence-corrected chi connectivity index (χ1v) is 5.79. The molecule has 2 rings (SSSR count). The summed E-state index contributed by atoms with van der Waals surface area (Å²) in [5.74, 6) is 0. The molecular formula is C12H14BrNO. The minimum Gasteiger partial charge on any atom is -0.393 e. The largest absolute Gasteiger partial charge is 0.393 e. The quantitative estimate of drug-likeness (QED) is 0.890. The van der Waals surface area contributed by atoms with Gasteiger partial charge in [0.25, 0.3) is 0 Å². The molecular weight excluding hydrogens is 254 g/mol. The van der Waals surface area contributed by atoms with Gasteiger partial charge in [0, 0.05) is 35.0 Å². The lowest BCUT2D eigenvalue weighted by molar-refractivity contribution is 0.196. The van der Waals surface area contributed by atoms with Crippen LogP contribution >= 0.6 is 15.9 Å². The number of aliphatic hydroxyl groups excluding tert-OH is 1. The molecule has 0 fully saturated rings. The van der Waals surface area contributed by atoms with E-state index in [-0.39, 0.29) is 6.10 Å². The molecule has 15 heavy (non-hydrogen) atoms. The van der Waals surface area contributed by atoms with Crippen molar-refractivity contribution in [2.75, 3.05) is 0 Å². The molecule has 0 radical (unpaired) electrons. The summed E-state index contributed by atoms with van der Waals surface area (Å²) in [7, 11) is 2.03. The van der Waals surface area contributed by atoms with E-state index in [0.29, 0.717) is 6.42 Å². The van der Waals surface area contributed by atoms with Crippen LogP contribution in [0.1, 0.15) is 12.5 Å². The second-order valence-electron chi connectivity index (χ2n) is 3.95. The number of hydrogen-bond acceptors (Lipinski definition) is 1. The van der Waals surface area contributed by atoms with Gasteiger partial charge in [-0.25, -0.2) is 0 Å². The standard InChI is InChI=1S/C12H14BrNO/c1-8(15)6-9-7-14(2)11-5-3-4-10(13)12(9)11/h3-5,7-8,15H,6H2,1-2H3. The first-order valence-electron chi connectivity index (χ1n) is 5.00. The van der Waals surface area contributed by atoms with Gasteiger partial charge in [0.2, 0.25) is 0 Å². The van der Waals surface area contributed by atoms with Crippen molar-refractivity contribution in [2.45, 2.75) is 19.4 Å². The smallest absolute Gasteiger partial charge is 0.0553 e. The van der Waals surface area contributed by atoms with Gasteiger partial charge in [-0.3, -0.25) is 0 Å². The Kier molecular flexibility index (Phi) is 2.85. The summed E-state index contributed by atoms with van der Waals surface area (Å²) in [6, 6.07) is 6.15. The van der Waals surface area contributed by atoms with Crippen molar-refractivity contribution in [1.82, 2.24) is 4.57 Å². The lowest BCUT2D eigenvalue weighted by atomic mass is 10.1. The fourth-order valence-electron chi connectivity index (χ4n) is 1.97. The Morgan fingerprint density at radius 1 is 1.47 bits per heavy atom. The lowest BCUT2D eigenvalue weighted by Gasteiger charge is -2.03. The van der Waals surface area contributed by atoms with Crippen molar-refractivity contribution in [3.63, 3.8) is 0 Å². The molecule has 2 aromatic rings. The van der Waals surface area contributed by atoms with Crippen molar-refractivity contribution >= 4 is 26.8 Å². The van der Waals surface area contributed by atoms with E-state index < -0.39 is 0 Å². The Morgan fingerprint density at radius 2 is 2.20 bits per heavy atom. The number of aliphatic hydroxyl groups is 1. The summed E-state index contributed by atoms with van der Waals surface area (Å²) >= 11 is 3.56. The summed E-state index contributed by atoms with van der Waals surface area (Å²) in [4.78, 5) is 0. The molecule has 0 bridgehead atoms. The summed E-state index contributed by atoms with van der Waals surface area (Å²) in [6.07, 6.45) is 2.48. The fourth-order valence-corrected chi connectivity index (χ4v) is 2.58. The Morgan fingerprint density at radius 3 is 2.87 bits per heavy atom. The molecule has 0 amide bonds. The average molecular weight is 268 g/mol. The van der Waals surface area contributed by atoms with Crippen molar-refractivity contribution in [2.24, 2.45) is 7.05 Å². The third-order valence-corrected chi connectivity index (χ3v) is 3.22. The fraction of sp³-hybridized carbons (Fsp3) is 0.333. The Bertz CT molecular complexity index is 488. The maximum absolute atomic E-state index is 9.44. The van der Waals surface area contributed by atoms with Gasteiger partial charge in [0.15, 0.2) is 0 Å². The highest BCUT2D eigenvalue weighted by Crippen LogP contribution is 2.29. The molecule has 1 heterocycles. The number of aryl methyl sites for hydroxylation is 1. The highest BCUT2D eigenvalue weighted by Gasteiger charge is 2.10. The van der Waals surface area contributed by atoms with E-state index in [2.05, 4.69) is 32.8 Å². The Balaban J connectivity index is 2.65. The van der Waals surface area contributed by atoms with E-state index in [0.717, 1.165) is 4.47 Å². The normalized spacial score (nSPS) is 13.3. The molecule has 0 aliphatic carbocycles. The molecule has 0 spiro atoms. The molecule has 0 aliphatic heterocycles. The van der Waals surface area contributed by atoms with E-state index in [1.54, 1.807) is 0 Å². The third kappa shape index (κ3) is 1.94. The highest BCUT2D eigenvalue weighted by atomic mass is 79.9. The Labute approximate surface area is 97.7 Å². The van der Waals surface area contributed by atoms with Crippen molar-refractivity contribution in [1.29, 1.82) is 0 Å². The van der Waals surface area contributed by atoms with E-state index in [1.165, 1.54) is 16.5 Å². The predicted octanol–water partition coefficient (Wildman–Crippen LogP) is 2.86. The zero-order valence-electron chi connectivity index (χ0n) is 8.87. The number of aromatic nitrogens is 1. The zero-order valence-corrected chi connectivity index (χ0v) is 10.5. The van der Waals surface area contributed by atoms with Gasteiger partial charge in [0.05, 0.1) is 6.10 Å². The first-order chi connectivity index (χ1) is 7.09. The molecule has 80 valence electrons. The number of hydrogen-bond donors (Lipinski definition) is 1. The van der Waals surface area contributed by atoms with Crippen LogP contribution in [0, 0.1) is 0 Å². The van der Waals surface area contributed by atoms with Gasteiger partial charge in [-0.1, -0.05) is 22.0 Å². The van der Waals surface area contributed by atoms with Crippen LogP contribution in [0.3, 0.4) is 0 Å². The van der Waals surface area contributed by atoms with Crippen LogP contribution in [-0.2, 0) is 13.5 Å². The monoisotopic (exact) mass is 267 g/mol. The van der Waals surface area contributed by atoms with Crippen LogP contribution in [0.5, 0.6) is 0 Å². The van der Waals surface area contributed by atoms with Crippen LogP contribution in [0.25, 0.3) is 10.9 Å². The molecule has 0 saturated carbocycles. The maximum Gasteiger partial charge on any atom is 0.0553 e. The van der Waals surface area contributed by atoms with E-state index in [4.69, 9.17) is 0 Å². The molecule has 2 nitrogen and oxygen atoms in total. The van der Waals surface area contributed by atoms with Crippen LogP contribution < -0.4 is 0 Å². The molecule has 1 aromatic heterocycles. The van der Waals surface area contributed by atoms with Gasteiger partial charge in [-0.05, 0) is 24.6 Å². The third-order valence-electron chi connectivity index (χ3n) is 2.56. The minimum atomic E-state index is -0.303. The van der Waals surface area contributed by atoms with Crippen molar-refractivity contribution < 1.29 is 5.11 Å². The van der Waals surface area contributed by atoms with Crippen LogP contribution in [0.4, 0.5) is 0 Å². The number of nitrogens with zero attached hydrogens (tertiary/aromatic N) is 1. The van der Waals surface area contributed by atoms with Gasteiger partial charge in [-0.15, -0.1) is 0 Å². The summed E-state index contributed by atoms with van der Waals surface area (Å²) in [6.45, 7) is 1.82. The molecule has 1 N–H and O–H groups in total. The summed E-state index contributed by atoms with van der Waals surface area (Å²) in [5, 5.41) is 10.7. The van der Waals surface area contributed by atoms with Crippen molar-refractivity contribution in [3.8, 4) is 0 Å². The van der Waals surface area contributed by atoms with Gasteiger partial charge >= 0.3 is 0 Å². The molecule has 1 unspecified atom stereocenters. The zero-order chi connectivity index (χ0) is 11.0. The van der Waals surface area contributed by atoms with Crippen LogP contribution in [-0.4, -0.2) is 15.8 Å². The topological polar surface area (TPSA) is 25.2 Å². The van der Waals surface area contributed by atoms with Gasteiger partial charge in [-0.2, -0.15) is 0 Å². The van der Waals surface area contributed by atoms with Crippen molar-refractivity contribution in [3.05, 3.63) is 34.4 Å². The van der Waals surface area contributed by atoms with Gasteiger partial charge < -0.3 is 9.67 Å².